The Labute approximate surface area is 197 Å². The highest BCUT2D eigenvalue weighted by Crippen LogP contribution is 2.44. The molecule has 0 bridgehead atoms. The molecule has 1 aliphatic heterocycles. The summed E-state index contributed by atoms with van der Waals surface area (Å²) in [5.74, 6) is -2.00. The Morgan fingerprint density at radius 1 is 1.03 bits per heavy atom. The highest BCUT2D eigenvalue weighted by Gasteiger charge is 2.43. The van der Waals surface area contributed by atoms with Gasteiger partial charge in [-0.2, -0.15) is 0 Å². The smallest absolute Gasteiger partial charge is 0.407 e. The van der Waals surface area contributed by atoms with E-state index >= 15 is 0 Å². The Bertz CT molecular complexity index is 1070. The van der Waals surface area contributed by atoms with Crippen molar-refractivity contribution in [1.29, 1.82) is 0 Å². The molecule has 3 aliphatic rings. The highest BCUT2D eigenvalue weighted by molar-refractivity contribution is 5.82. The number of fused-ring (bicyclic) bond motifs is 3. The number of alkyl carbamates (subject to hydrolysis) is 1. The van der Waals surface area contributed by atoms with E-state index in [2.05, 4.69) is 29.6 Å². The molecule has 0 radical (unpaired) electrons. The van der Waals surface area contributed by atoms with Crippen molar-refractivity contribution >= 4 is 18.0 Å². The van der Waals surface area contributed by atoms with Gasteiger partial charge in [0.2, 0.25) is 5.91 Å². The van der Waals surface area contributed by atoms with Crippen molar-refractivity contribution in [3.63, 3.8) is 0 Å². The number of carbonyl (C=O) groups is 3. The summed E-state index contributed by atoms with van der Waals surface area (Å²) in [5.41, 5.74) is 4.66. The monoisotopic (exact) mass is 464 g/mol. The summed E-state index contributed by atoms with van der Waals surface area (Å²) in [6.45, 7) is 0.595. The molecule has 8 nitrogen and oxygen atoms in total. The van der Waals surface area contributed by atoms with Crippen molar-refractivity contribution in [2.24, 2.45) is 11.8 Å². The van der Waals surface area contributed by atoms with E-state index in [0.717, 1.165) is 11.1 Å². The Hall–Kier alpha value is -3.39. The zero-order valence-corrected chi connectivity index (χ0v) is 19.0. The van der Waals surface area contributed by atoms with E-state index in [9.17, 15) is 19.5 Å². The Balaban J connectivity index is 1.11. The molecule has 0 aromatic heterocycles. The van der Waals surface area contributed by atoms with Crippen LogP contribution in [0.1, 0.15) is 29.9 Å². The lowest BCUT2D eigenvalue weighted by Crippen LogP contribution is -2.53. The van der Waals surface area contributed by atoms with Gasteiger partial charge in [0.05, 0.1) is 19.3 Å². The van der Waals surface area contributed by atoms with Gasteiger partial charge in [-0.1, -0.05) is 48.5 Å². The molecule has 2 amide bonds. The average Bonchev–Trinajstić information content (AvgIpc) is 3.42. The number of nitrogens with zero attached hydrogens (tertiary/aromatic N) is 1. The fraction of sp³-hybridized carbons (Fsp3) is 0.423. The van der Waals surface area contributed by atoms with Gasteiger partial charge in [0.25, 0.3) is 0 Å². The molecule has 5 rings (SSSR count). The number of amides is 2. The van der Waals surface area contributed by atoms with Crippen LogP contribution in [0.15, 0.2) is 48.5 Å². The number of carboxylic acids is 1. The van der Waals surface area contributed by atoms with Gasteiger partial charge in [-0.3, -0.25) is 9.59 Å². The molecule has 2 aromatic rings. The second-order valence-corrected chi connectivity index (χ2v) is 9.33. The minimum absolute atomic E-state index is 0.00155. The first-order valence-electron chi connectivity index (χ1n) is 11.6. The van der Waals surface area contributed by atoms with Gasteiger partial charge in [-0.15, -0.1) is 0 Å². The molecule has 0 spiro atoms. The van der Waals surface area contributed by atoms with E-state index in [1.807, 2.05) is 24.3 Å². The maximum Gasteiger partial charge on any atom is 0.407 e. The molecule has 2 unspecified atom stereocenters. The fourth-order valence-corrected chi connectivity index (χ4v) is 5.36. The maximum absolute atomic E-state index is 12.8. The van der Waals surface area contributed by atoms with E-state index < -0.39 is 24.0 Å². The molecule has 8 heteroatoms. The molecule has 2 N–H and O–H groups in total. The quantitative estimate of drug-likeness (QED) is 0.681. The summed E-state index contributed by atoms with van der Waals surface area (Å²) >= 11 is 0. The zero-order valence-electron chi connectivity index (χ0n) is 19.0. The van der Waals surface area contributed by atoms with E-state index in [-0.39, 0.29) is 43.6 Å². The molecule has 34 heavy (non-hydrogen) atoms. The molecule has 2 atom stereocenters. The number of benzene rings is 2. The number of carbonyl (C=O) groups excluding carboxylic acids is 2. The molecule has 178 valence electrons. The number of aliphatic carboxylic acids is 1. The van der Waals surface area contributed by atoms with E-state index in [1.54, 1.807) is 7.05 Å². The molecular weight excluding hydrogens is 436 g/mol. The Morgan fingerprint density at radius 2 is 1.65 bits per heavy atom. The molecule has 2 aromatic carbocycles. The molecule has 1 heterocycles. The highest BCUT2D eigenvalue weighted by atomic mass is 16.5. The Morgan fingerprint density at radius 3 is 2.26 bits per heavy atom. The van der Waals surface area contributed by atoms with Gasteiger partial charge in [-0.25, -0.2) is 4.79 Å². The number of rotatable bonds is 6. The molecular formula is C26H28N2O6. The lowest BCUT2D eigenvalue weighted by atomic mass is 9.79. The summed E-state index contributed by atoms with van der Waals surface area (Å²) in [7, 11) is 1.63. The number of carboxylic acid groups (broad SMARTS) is 1. The van der Waals surface area contributed by atoms with E-state index in [4.69, 9.17) is 9.47 Å². The molecule has 2 fully saturated rings. The van der Waals surface area contributed by atoms with Gasteiger partial charge < -0.3 is 24.8 Å². The van der Waals surface area contributed by atoms with Crippen LogP contribution in [-0.4, -0.2) is 66.9 Å². The van der Waals surface area contributed by atoms with Crippen molar-refractivity contribution in [3.05, 3.63) is 59.7 Å². The number of nitrogens with one attached hydrogen (secondary N) is 1. The predicted molar refractivity (Wildman–Crippen MR) is 123 cm³/mol. The second-order valence-electron chi connectivity index (χ2n) is 9.33. The third-order valence-corrected chi connectivity index (χ3v) is 7.37. The van der Waals surface area contributed by atoms with Crippen molar-refractivity contribution in [2.45, 2.75) is 30.8 Å². The fourth-order valence-electron chi connectivity index (χ4n) is 5.36. The normalized spacial score (nSPS) is 25.1. The summed E-state index contributed by atoms with van der Waals surface area (Å²) in [6, 6.07) is 15.8. The first-order chi connectivity index (χ1) is 16.4. The maximum atomic E-state index is 12.8. The van der Waals surface area contributed by atoms with Crippen LogP contribution in [0.25, 0.3) is 11.1 Å². The van der Waals surface area contributed by atoms with E-state index in [0.29, 0.717) is 12.8 Å². The van der Waals surface area contributed by atoms with Crippen molar-refractivity contribution in [3.8, 4) is 11.1 Å². The van der Waals surface area contributed by atoms with Crippen molar-refractivity contribution < 1.29 is 29.0 Å². The Kier molecular flexibility index (Phi) is 6.00. The van der Waals surface area contributed by atoms with Crippen molar-refractivity contribution in [1.82, 2.24) is 10.2 Å². The van der Waals surface area contributed by atoms with Crippen LogP contribution in [0.3, 0.4) is 0 Å². The van der Waals surface area contributed by atoms with Crippen LogP contribution in [-0.2, 0) is 19.1 Å². The number of hydrogen-bond donors (Lipinski definition) is 2. The van der Waals surface area contributed by atoms with Crippen LogP contribution in [0.2, 0.25) is 0 Å². The third-order valence-electron chi connectivity index (χ3n) is 7.37. The van der Waals surface area contributed by atoms with Crippen molar-refractivity contribution in [2.75, 3.05) is 26.9 Å². The SMILES string of the molecule is CN(C(=O)C1CC(NC(=O)OCC2c3ccccc3-c3ccccc32)C1)C1COCC1C(=O)O. The lowest BCUT2D eigenvalue weighted by molar-refractivity contribution is -0.146. The van der Waals surface area contributed by atoms with Crippen LogP contribution in [0, 0.1) is 11.8 Å². The number of ether oxygens (including phenoxy) is 2. The first kappa shape index (κ1) is 22.4. The molecule has 2 aliphatic carbocycles. The minimum atomic E-state index is -0.953. The number of hydrogen-bond acceptors (Lipinski definition) is 5. The van der Waals surface area contributed by atoms with Crippen LogP contribution < -0.4 is 5.32 Å². The van der Waals surface area contributed by atoms with Gasteiger partial charge in [-0.05, 0) is 35.1 Å². The largest absolute Gasteiger partial charge is 0.481 e. The summed E-state index contributed by atoms with van der Waals surface area (Å²) in [6.07, 6.45) is 0.540. The summed E-state index contributed by atoms with van der Waals surface area (Å²) in [5, 5.41) is 12.2. The van der Waals surface area contributed by atoms with Gasteiger partial charge in [0.15, 0.2) is 0 Å². The second kappa shape index (κ2) is 9.10. The average molecular weight is 465 g/mol. The first-order valence-corrected chi connectivity index (χ1v) is 11.6. The number of likely N-dealkylation sites (N-methyl/N-ethyl adjacent to an activating group) is 1. The topological polar surface area (TPSA) is 105 Å². The molecule has 1 saturated carbocycles. The zero-order chi connectivity index (χ0) is 23.8. The van der Waals surface area contributed by atoms with Crippen LogP contribution >= 0.6 is 0 Å². The van der Waals surface area contributed by atoms with E-state index in [1.165, 1.54) is 16.0 Å². The summed E-state index contributed by atoms with van der Waals surface area (Å²) < 4.78 is 10.9. The standard InChI is InChI=1S/C26H28N2O6/c1-28(23-14-33-12-22(23)25(30)31)24(29)15-10-16(11-15)27-26(32)34-13-21-19-8-4-2-6-17(19)18-7-3-5-9-20(18)21/h2-9,15-16,21-23H,10-14H2,1H3,(H,27,32)(H,30,31). The van der Waals surface area contributed by atoms with Crippen LogP contribution in [0.4, 0.5) is 4.79 Å². The van der Waals surface area contributed by atoms with Crippen LogP contribution in [0.5, 0.6) is 0 Å². The third kappa shape index (κ3) is 4.03. The van der Waals surface area contributed by atoms with Gasteiger partial charge >= 0.3 is 12.1 Å². The predicted octanol–water partition coefficient (Wildman–Crippen LogP) is 2.86. The van der Waals surface area contributed by atoms with Gasteiger partial charge in [0, 0.05) is 24.9 Å². The minimum Gasteiger partial charge on any atom is -0.481 e. The lowest BCUT2D eigenvalue weighted by Gasteiger charge is -2.38. The molecule has 1 saturated heterocycles. The summed E-state index contributed by atoms with van der Waals surface area (Å²) in [4.78, 5) is 38.1. The van der Waals surface area contributed by atoms with Gasteiger partial charge in [0.1, 0.15) is 12.5 Å².